The van der Waals surface area contributed by atoms with Crippen molar-refractivity contribution < 1.29 is 0 Å². The third-order valence-electron chi connectivity index (χ3n) is 2.86. The lowest BCUT2D eigenvalue weighted by atomic mass is 10.2. The van der Waals surface area contributed by atoms with Crippen LogP contribution in [-0.2, 0) is 0 Å². The van der Waals surface area contributed by atoms with E-state index in [9.17, 15) is 0 Å². The fourth-order valence-electron chi connectivity index (χ4n) is 1.98. The standard InChI is InChI=1S/C12H24N2/c1-4-13-10-12-6-5-8-14(12)9-7-11(2)3/h7,12-13H,4-6,8-10H2,1-3H3. The smallest absolute Gasteiger partial charge is 0.0224 e. The van der Waals surface area contributed by atoms with Crippen molar-refractivity contribution in [3.8, 4) is 0 Å². The normalized spacial score (nSPS) is 22.6. The Hall–Kier alpha value is -0.340. The number of rotatable bonds is 5. The number of hydrogen-bond donors (Lipinski definition) is 1. The summed E-state index contributed by atoms with van der Waals surface area (Å²) < 4.78 is 0. The van der Waals surface area contributed by atoms with Gasteiger partial charge in [-0.2, -0.15) is 0 Å². The van der Waals surface area contributed by atoms with Gasteiger partial charge in [0.25, 0.3) is 0 Å². The molecule has 82 valence electrons. The Bertz CT molecular complexity index is 183. The monoisotopic (exact) mass is 196 g/mol. The van der Waals surface area contributed by atoms with Crippen molar-refractivity contribution in [3.05, 3.63) is 11.6 Å². The molecule has 1 heterocycles. The highest BCUT2D eigenvalue weighted by molar-refractivity contribution is 4.97. The second kappa shape index (κ2) is 6.20. The first kappa shape index (κ1) is 11.7. The molecule has 0 spiro atoms. The van der Waals surface area contributed by atoms with Crippen LogP contribution in [0.5, 0.6) is 0 Å². The minimum absolute atomic E-state index is 0.769. The number of nitrogens with zero attached hydrogens (tertiary/aromatic N) is 1. The Kier molecular flexibility index (Phi) is 5.20. The van der Waals surface area contributed by atoms with Crippen molar-refractivity contribution in [2.24, 2.45) is 0 Å². The third-order valence-corrected chi connectivity index (χ3v) is 2.86. The van der Waals surface area contributed by atoms with Crippen LogP contribution in [0.25, 0.3) is 0 Å². The molecule has 1 saturated heterocycles. The molecule has 1 aliphatic rings. The molecule has 0 aliphatic carbocycles. The van der Waals surface area contributed by atoms with Gasteiger partial charge in [0.15, 0.2) is 0 Å². The van der Waals surface area contributed by atoms with Crippen LogP contribution in [0.15, 0.2) is 11.6 Å². The molecule has 0 aromatic rings. The fraction of sp³-hybridized carbons (Fsp3) is 0.833. The quantitative estimate of drug-likeness (QED) is 0.677. The summed E-state index contributed by atoms with van der Waals surface area (Å²) in [5.74, 6) is 0. The molecular formula is C12H24N2. The van der Waals surface area contributed by atoms with Gasteiger partial charge in [-0.1, -0.05) is 18.6 Å². The summed E-state index contributed by atoms with van der Waals surface area (Å²) in [6, 6.07) is 0.769. The predicted molar refractivity (Wildman–Crippen MR) is 62.6 cm³/mol. The lowest BCUT2D eigenvalue weighted by Crippen LogP contribution is -2.37. The van der Waals surface area contributed by atoms with Crippen molar-refractivity contribution in [3.63, 3.8) is 0 Å². The van der Waals surface area contributed by atoms with Gasteiger partial charge in [0, 0.05) is 19.1 Å². The third kappa shape index (κ3) is 3.81. The van der Waals surface area contributed by atoms with E-state index in [4.69, 9.17) is 0 Å². The molecule has 2 heteroatoms. The predicted octanol–water partition coefficient (Wildman–Crippen LogP) is 2.03. The fourth-order valence-corrected chi connectivity index (χ4v) is 1.98. The van der Waals surface area contributed by atoms with E-state index < -0.39 is 0 Å². The van der Waals surface area contributed by atoms with Gasteiger partial charge in [0.2, 0.25) is 0 Å². The maximum Gasteiger partial charge on any atom is 0.0224 e. The molecule has 1 atom stereocenters. The highest BCUT2D eigenvalue weighted by Crippen LogP contribution is 2.16. The van der Waals surface area contributed by atoms with Crippen molar-refractivity contribution in [2.75, 3.05) is 26.2 Å². The maximum atomic E-state index is 3.45. The van der Waals surface area contributed by atoms with Crippen LogP contribution < -0.4 is 5.32 Å². The number of allylic oxidation sites excluding steroid dienone is 1. The van der Waals surface area contributed by atoms with E-state index in [1.165, 1.54) is 25.0 Å². The first-order chi connectivity index (χ1) is 6.74. The Morgan fingerprint density at radius 3 is 2.93 bits per heavy atom. The SMILES string of the molecule is CCNCC1CCCN1CC=C(C)C. The largest absolute Gasteiger partial charge is 0.315 e. The number of likely N-dealkylation sites (N-methyl/N-ethyl adjacent to an activating group) is 1. The second-order valence-electron chi connectivity index (χ2n) is 4.38. The summed E-state index contributed by atoms with van der Waals surface area (Å²) in [5.41, 5.74) is 1.43. The van der Waals surface area contributed by atoms with Gasteiger partial charge in [0.05, 0.1) is 0 Å². The van der Waals surface area contributed by atoms with Gasteiger partial charge < -0.3 is 5.32 Å². The zero-order valence-electron chi connectivity index (χ0n) is 9.84. The van der Waals surface area contributed by atoms with E-state index in [1.54, 1.807) is 0 Å². The first-order valence-electron chi connectivity index (χ1n) is 5.82. The molecule has 0 radical (unpaired) electrons. The Balaban J connectivity index is 2.31. The van der Waals surface area contributed by atoms with Gasteiger partial charge in [-0.15, -0.1) is 0 Å². The maximum absolute atomic E-state index is 3.45. The second-order valence-corrected chi connectivity index (χ2v) is 4.38. The molecule has 0 aromatic heterocycles. The molecule has 1 N–H and O–H groups in total. The van der Waals surface area contributed by atoms with Gasteiger partial charge in [-0.3, -0.25) is 4.90 Å². The van der Waals surface area contributed by atoms with Crippen LogP contribution in [0, 0.1) is 0 Å². The van der Waals surface area contributed by atoms with Crippen molar-refractivity contribution >= 4 is 0 Å². The summed E-state index contributed by atoms with van der Waals surface area (Å²) in [6.45, 7) is 11.2. The Morgan fingerprint density at radius 1 is 1.50 bits per heavy atom. The average Bonchev–Trinajstić information content (AvgIpc) is 2.58. The van der Waals surface area contributed by atoms with E-state index in [0.29, 0.717) is 0 Å². The van der Waals surface area contributed by atoms with Gasteiger partial charge in [-0.25, -0.2) is 0 Å². The summed E-state index contributed by atoms with van der Waals surface area (Å²) in [6.07, 6.45) is 5.07. The van der Waals surface area contributed by atoms with Gasteiger partial charge in [-0.05, 0) is 39.8 Å². The van der Waals surface area contributed by atoms with Crippen molar-refractivity contribution in [1.82, 2.24) is 10.2 Å². The summed E-state index contributed by atoms with van der Waals surface area (Å²) >= 11 is 0. The van der Waals surface area contributed by atoms with Gasteiger partial charge >= 0.3 is 0 Å². The van der Waals surface area contributed by atoms with E-state index in [0.717, 1.165) is 25.7 Å². The molecule has 0 amide bonds. The number of likely N-dealkylation sites (tertiary alicyclic amines) is 1. The van der Waals surface area contributed by atoms with E-state index in [2.05, 4.69) is 37.1 Å². The van der Waals surface area contributed by atoms with Crippen LogP contribution in [0.2, 0.25) is 0 Å². The average molecular weight is 196 g/mol. The molecule has 0 saturated carbocycles. The molecule has 1 unspecified atom stereocenters. The summed E-state index contributed by atoms with van der Waals surface area (Å²) in [5, 5.41) is 3.45. The molecular weight excluding hydrogens is 172 g/mol. The van der Waals surface area contributed by atoms with Crippen LogP contribution in [-0.4, -0.2) is 37.1 Å². The van der Waals surface area contributed by atoms with Crippen molar-refractivity contribution in [1.29, 1.82) is 0 Å². The van der Waals surface area contributed by atoms with E-state index in [1.807, 2.05) is 0 Å². The molecule has 1 rings (SSSR count). The highest BCUT2D eigenvalue weighted by Gasteiger charge is 2.22. The molecule has 14 heavy (non-hydrogen) atoms. The molecule has 0 aromatic carbocycles. The molecule has 1 aliphatic heterocycles. The van der Waals surface area contributed by atoms with Crippen LogP contribution in [0.3, 0.4) is 0 Å². The zero-order valence-corrected chi connectivity index (χ0v) is 9.84. The molecule has 0 bridgehead atoms. The van der Waals surface area contributed by atoms with E-state index >= 15 is 0 Å². The summed E-state index contributed by atoms with van der Waals surface area (Å²) in [7, 11) is 0. The lowest BCUT2D eigenvalue weighted by Gasteiger charge is -2.23. The molecule has 1 fully saturated rings. The Morgan fingerprint density at radius 2 is 2.29 bits per heavy atom. The minimum Gasteiger partial charge on any atom is -0.315 e. The number of hydrogen-bond acceptors (Lipinski definition) is 2. The van der Waals surface area contributed by atoms with Crippen LogP contribution in [0.1, 0.15) is 33.6 Å². The number of nitrogens with one attached hydrogen (secondary N) is 1. The first-order valence-corrected chi connectivity index (χ1v) is 5.82. The summed E-state index contributed by atoms with van der Waals surface area (Å²) in [4.78, 5) is 2.59. The zero-order chi connectivity index (χ0) is 10.4. The highest BCUT2D eigenvalue weighted by atomic mass is 15.2. The topological polar surface area (TPSA) is 15.3 Å². The van der Waals surface area contributed by atoms with Gasteiger partial charge in [0.1, 0.15) is 0 Å². The minimum atomic E-state index is 0.769. The van der Waals surface area contributed by atoms with E-state index in [-0.39, 0.29) is 0 Å². The van der Waals surface area contributed by atoms with Crippen LogP contribution >= 0.6 is 0 Å². The van der Waals surface area contributed by atoms with Crippen LogP contribution in [0.4, 0.5) is 0 Å². The lowest BCUT2D eigenvalue weighted by molar-refractivity contribution is 0.273. The Labute approximate surface area is 88.4 Å². The molecule has 2 nitrogen and oxygen atoms in total. The van der Waals surface area contributed by atoms with Crippen molar-refractivity contribution in [2.45, 2.75) is 39.7 Å².